The summed E-state index contributed by atoms with van der Waals surface area (Å²) < 4.78 is 12.2. The first kappa shape index (κ1) is 23.6. The van der Waals surface area contributed by atoms with E-state index in [4.69, 9.17) is 44.9 Å². The van der Waals surface area contributed by atoms with Gasteiger partial charge in [-0.2, -0.15) is 0 Å². The number of halogens is 2. The number of anilines is 1. The van der Waals surface area contributed by atoms with Crippen LogP contribution in [-0.4, -0.2) is 16.8 Å². The third-order valence-corrected chi connectivity index (χ3v) is 6.72. The van der Waals surface area contributed by atoms with Crippen molar-refractivity contribution in [2.45, 2.75) is 13.5 Å². The van der Waals surface area contributed by atoms with Crippen LogP contribution in [0.15, 0.2) is 71.6 Å². The summed E-state index contributed by atoms with van der Waals surface area (Å²) in [5, 5.41) is 0.987. The van der Waals surface area contributed by atoms with Gasteiger partial charge >= 0.3 is 0 Å². The van der Waals surface area contributed by atoms with E-state index >= 15 is 0 Å². The number of amides is 1. The Bertz CT molecular complexity index is 1230. The van der Waals surface area contributed by atoms with Gasteiger partial charge in [0.25, 0.3) is 5.91 Å². The van der Waals surface area contributed by atoms with Gasteiger partial charge in [-0.1, -0.05) is 83.6 Å². The maximum atomic E-state index is 13.0. The minimum atomic E-state index is -0.177. The van der Waals surface area contributed by atoms with Crippen molar-refractivity contribution in [2.24, 2.45) is 0 Å². The number of carbonyl (C=O) groups is 1. The Morgan fingerprint density at radius 1 is 1.00 bits per heavy atom. The molecule has 3 aromatic carbocycles. The summed E-state index contributed by atoms with van der Waals surface area (Å²) in [6.45, 7) is 2.55. The summed E-state index contributed by atoms with van der Waals surface area (Å²) in [6, 6.07) is 20.3. The van der Waals surface area contributed by atoms with Gasteiger partial charge < -0.3 is 9.47 Å². The van der Waals surface area contributed by atoms with Crippen LogP contribution < -0.4 is 14.4 Å². The molecule has 0 spiro atoms. The Kier molecular flexibility index (Phi) is 7.60. The van der Waals surface area contributed by atoms with E-state index in [1.807, 2.05) is 55.5 Å². The molecule has 1 amide bonds. The average Bonchev–Trinajstić information content (AvgIpc) is 3.07. The van der Waals surface area contributed by atoms with Crippen LogP contribution in [0.4, 0.5) is 5.69 Å². The van der Waals surface area contributed by atoms with Gasteiger partial charge in [-0.05, 0) is 48.9 Å². The summed E-state index contributed by atoms with van der Waals surface area (Å²) in [4.78, 5) is 15.1. The average molecular weight is 516 g/mol. The molecule has 4 rings (SSSR count). The second kappa shape index (κ2) is 10.6. The molecule has 0 aromatic heterocycles. The molecule has 168 valence electrons. The second-order valence-electron chi connectivity index (χ2n) is 7.00. The van der Waals surface area contributed by atoms with Crippen molar-refractivity contribution in [1.29, 1.82) is 0 Å². The van der Waals surface area contributed by atoms with Gasteiger partial charge in [0, 0.05) is 10.6 Å². The maximum Gasteiger partial charge on any atom is 0.270 e. The van der Waals surface area contributed by atoms with E-state index in [9.17, 15) is 4.79 Å². The van der Waals surface area contributed by atoms with Gasteiger partial charge in [0.2, 0.25) is 0 Å². The van der Waals surface area contributed by atoms with E-state index in [1.165, 1.54) is 16.7 Å². The first-order valence-electron chi connectivity index (χ1n) is 10.1. The second-order valence-corrected chi connectivity index (χ2v) is 9.49. The number of thiocarbonyl (C=S) groups is 1. The zero-order valence-electron chi connectivity index (χ0n) is 17.6. The van der Waals surface area contributed by atoms with E-state index < -0.39 is 0 Å². The van der Waals surface area contributed by atoms with Gasteiger partial charge in [0.05, 0.1) is 22.2 Å². The molecule has 33 heavy (non-hydrogen) atoms. The van der Waals surface area contributed by atoms with Crippen LogP contribution in [0.5, 0.6) is 11.5 Å². The first-order chi connectivity index (χ1) is 16.0. The normalized spacial score (nSPS) is 14.8. The number of nitrogens with zero attached hydrogens (tertiary/aromatic N) is 1. The lowest BCUT2D eigenvalue weighted by Gasteiger charge is -2.15. The summed E-state index contributed by atoms with van der Waals surface area (Å²) >= 11 is 19.5. The summed E-state index contributed by atoms with van der Waals surface area (Å²) in [5.74, 6) is 0.735. The molecular weight excluding hydrogens is 497 g/mol. The van der Waals surface area contributed by atoms with Crippen molar-refractivity contribution >= 4 is 69.2 Å². The van der Waals surface area contributed by atoms with Crippen molar-refractivity contribution < 1.29 is 14.3 Å². The highest BCUT2D eigenvalue weighted by molar-refractivity contribution is 8.27. The largest absolute Gasteiger partial charge is 0.490 e. The Hall–Kier alpha value is -2.51. The predicted molar refractivity (Wildman–Crippen MR) is 140 cm³/mol. The van der Waals surface area contributed by atoms with Crippen molar-refractivity contribution in [2.75, 3.05) is 11.5 Å². The maximum absolute atomic E-state index is 13.0. The van der Waals surface area contributed by atoms with Crippen LogP contribution in [0.1, 0.15) is 18.1 Å². The zero-order chi connectivity index (χ0) is 23.4. The SMILES string of the molecule is CCOc1cc(/C=C2/SC(=S)N(c3ccccc3)C2=O)cc(Cl)c1OCc1ccccc1Cl. The first-order valence-corrected chi connectivity index (χ1v) is 12.1. The highest BCUT2D eigenvalue weighted by Gasteiger charge is 2.33. The molecule has 1 saturated heterocycles. The minimum Gasteiger partial charge on any atom is -0.490 e. The van der Waals surface area contributed by atoms with Crippen LogP contribution in [-0.2, 0) is 11.4 Å². The third kappa shape index (κ3) is 5.36. The van der Waals surface area contributed by atoms with Crippen LogP contribution in [0.2, 0.25) is 10.0 Å². The molecule has 1 aliphatic heterocycles. The van der Waals surface area contributed by atoms with E-state index in [-0.39, 0.29) is 12.5 Å². The van der Waals surface area contributed by atoms with Gasteiger partial charge in [-0.25, -0.2) is 0 Å². The summed E-state index contributed by atoms with van der Waals surface area (Å²) in [6.07, 6.45) is 1.76. The Balaban J connectivity index is 1.61. The monoisotopic (exact) mass is 515 g/mol. The molecule has 0 saturated carbocycles. The molecule has 0 aliphatic carbocycles. The molecule has 0 unspecified atom stereocenters. The molecule has 0 N–H and O–H groups in total. The highest BCUT2D eigenvalue weighted by Crippen LogP contribution is 2.40. The Labute approximate surface area is 212 Å². The van der Waals surface area contributed by atoms with Gasteiger partial charge in [-0.3, -0.25) is 9.69 Å². The van der Waals surface area contributed by atoms with Gasteiger partial charge in [0.1, 0.15) is 6.61 Å². The zero-order valence-corrected chi connectivity index (χ0v) is 20.7. The molecular formula is C25H19Cl2NO3S2. The fraction of sp³-hybridized carbons (Fsp3) is 0.120. The minimum absolute atomic E-state index is 0.177. The molecule has 0 bridgehead atoms. The molecule has 8 heteroatoms. The number of benzene rings is 3. The smallest absolute Gasteiger partial charge is 0.270 e. The van der Waals surface area contributed by atoms with Crippen LogP contribution >= 0.6 is 47.2 Å². The quantitative estimate of drug-likeness (QED) is 0.242. The number of rotatable bonds is 7. The Morgan fingerprint density at radius 3 is 2.45 bits per heavy atom. The number of hydrogen-bond acceptors (Lipinski definition) is 5. The van der Waals surface area contributed by atoms with Crippen molar-refractivity contribution in [1.82, 2.24) is 0 Å². The van der Waals surface area contributed by atoms with E-state index in [1.54, 1.807) is 24.3 Å². The summed E-state index contributed by atoms with van der Waals surface area (Å²) in [5.41, 5.74) is 2.29. The molecule has 0 radical (unpaired) electrons. The lowest BCUT2D eigenvalue weighted by atomic mass is 10.1. The number of thioether (sulfide) groups is 1. The van der Waals surface area contributed by atoms with E-state index in [0.717, 1.165) is 11.3 Å². The number of carbonyl (C=O) groups excluding carboxylic acids is 1. The van der Waals surface area contributed by atoms with E-state index in [0.29, 0.717) is 42.9 Å². The van der Waals surface area contributed by atoms with Crippen LogP contribution in [0.3, 0.4) is 0 Å². The fourth-order valence-electron chi connectivity index (χ4n) is 3.26. The number of hydrogen-bond donors (Lipinski definition) is 0. The molecule has 0 atom stereocenters. The fourth-order valence-corrected chi connectivity index (χ4v) is 5.02. The lowest BCUT2D eigenvalue weighted by molar-refractivity contribution is -0.113. The predicted octanol–water partition coefficient (Wildman–Crippen LogP) is 7.38. The Morgan fingerprint density at radius 2 is 1.73 bits per heavy atom. The van der Waals surface area contributed by atoms with Crippen molar-refractivity contribution in [3.63, 3.8) is 0 Å². The molecule has 4 nitrogen and oxygen atoms in total. The van der Waals surface area contributed by atoms with Gasteiger partial charge in [-0.15, -0.1) is 0 Å². The van der Waals surface area contributed by atoms with E-state index in [2.05, 4.69) is 0 Å². The summed E-state index contributed by atoms with van der Waals surface area (Å²) in [7, 11) is 0. The topological polar surface area (TPSA) is 38.8 Å². The third-order valence-electron chi connectivity index (χ3n) is 4.77. The van der Waals surface area contributed by atoms with Crippen molar-refractivity contribution in [3.05, 3.63) is 92.8 Å². The van der Waals surface area contributed by atoms with Crippen LogP contribution in [0.25, 0.3) is 6.08 Å². The number of para-hydroxylation sites is 1. The van der Waals surface area contributed by atoms with Gasteiger partial charge in [0.15, 0.2) is 15.8 Å². The highest BCUT2D eigenvalue weighted by atomic mass is 35.5. The molecule has 3 aromatic rings. The number of ether oxygens (including phenoxy) is 2. The molecule has 1 fully saturated rings. The van der Waals surface area contributed by atoms with Crippen molar-refractivity contribution in [3.8, 4) is 11.5 Å². The molecule has 1 aliphatic rings. The standard InChI is InChI=1S/C25H19Cl2NO3S2/c1-2-30-21-13-16(12-20(27)23(21)31-15-17-8-6-7-11-19(17)26)14-22-24(29)28(25(32)33-22)18-9-4-3-5-10-18/h3-14H,2,15H2,1H3/b22-14+. The molecule has 1 heterocycles. The lowest BCUT2D eigenvalue weighted by Crippen LogP contribution is -2.27. The van der Waals surface area contributed by atoms with Crippen LogP contribution in [0, 0.1) is 0 Å².